The second-order valence-electron chi connectivity index (χ2n) is 7.87. The van der Waals surface area contributed by atoms with Gasteiger partial charge in [-0.05, 0) is 55.7 Å². The van der Waals surface area contributed by atoms with Gasteiger partial charge in [-0.1, -0.05) is 30.3 Å². The van der Waals surface area contributed by atoms with E-state index in [4.69, 9.17) is 4.74 Å². The van der Waals surface area contributed by atoms with E-state index in [0.717, 1.165) is 64.0 Å². The van der Waals surface area contributed by atoms with E-state index >= 15 is 0 Å². The van der Waals surface area contributed by atoms with E-state index in [-0.39, 0.29) is 5.91 Å². The average molecular weight is 380 g/mol. The van der Waals surface area contributed by atoms with Gasteiger partial charge in [0.25, 0.3) is 5.91 Å². The number of likely N-dealkylation sites (tertiary alicyclic amines) is 1. The molecular formula is C23H29N3O2. The zero-order valence-electron chi connectivity index (χ0n) is 16.3. The van der Waals surface area contributed by atoms with Crippen molar-refractivity contribution in [1.29, 1.82) is 0 Å². The lowest BCUT2D eigenvalue weighted by Crippen LogP contribution is -2.39. The van der Waals surface area contributed by atoms with E-state index in [2.05, 4.69) is 40.6 Å². The quantitative estimate of drug-likeness (QED) is 0.830. The smallest absolute Gasteiger partial charge is 0.272 e. The largest absolute Gasteiger partial charge is 0.381 e. The number of hydrogen-bond acceptors (Lipinski definition) is 4. The summed E-state index contributed by atoms with van der Waals surface area (Å²) in [4.78, 5) is 19.1. The van der Waals surface area contributed by atoms with Crippen LogP contribution in [0.3, 0.4) is 0 Å². The van der Waals surface area contributed by atoms with Crippen molar-refractivity contribution >= 4 is 11.6 Å². The van der Waals surface area contributed by atoms with Gasteiger partial charge in [-0.2, -0.15) is 0 Å². The molecule has 2 aliphatic rings. The average Bonchev–Trinajstić information content (AvgIpc) is 3.27. The normalized spacial score (nSPS) is 20.3. The standard InChI is InChI=1S/C23H29N3O2/c27-23(22-9-8-20(16-25-22)24-17-21-7-4-14-28-21)26-12-10-19(11-13-26)15-18-5-2-1-3-6-18/h1-3,5-6,8-9,16,19,21,24H,4,7,10-15,17H2. The minimum atomic E-state index is 0.0452. The Morgan fingerprint density at radius 3 is 2.61 bits per heavy atom. The molecule has 2 saturated heterocycles. The molecule has 1 N–H and O–H groups in total. The molecule has 0 aliphatic carbocycles. The number of nitrogens with one attached hydrogen (secondary N) is 1. The molecule has 1 aromatic heterocycles. The second-order valence-corrected chi connectivity index (χ2v) is 7.87. The molecule has 148 valence electrons. The van der Waals surface area contributed by atoms with Crippen molar-refractivity contribution < 1.29 is 9.53 Å². The number of carbonyl (C=O) groups excluding carboxylic acids is 1. The lowest BCUT2D eigenvalue weighted by Gasteiger charge is -2.32. The van der Waals surface area contributed by atoms with Crippen LogP contribution in [0.25, 0.3) is 0 Å². The highest BCUT2D eigenvalue weighted by atomic mass is 16.5. The number of rotatable bonds is 6. The zero-order chi connectivity index (χ0) is 19.2. The van der Waals surface area contributed by atoms with E-state index in [1.165, 1.54) is 5.56 Å². The fourth-order valence-corrected chi connectivity index (χ4v) is 4.11. The van der Waals surface area contributed by atoms with Crippen LogP contribution in [-0.2, 0) is 11.2 Å². The van der Waals surface area contributed by atoms with Crippen molar-refractivity contribution in [3.05, 3.63) is 59.9 Å². The van der Waals surface area contributed by atoms with E-state index < -0.39 is 0 Å². The fourth-order valence-electron chi connectivity index (χ4n) is 4.11. The SMILES string of the molecule is O=C(c1ccc(NCC2CCCO2)cn1)N1CCC(Cc2ccccc2)CC1. The molecular weight excluding hydrogens is 350 g/mol. The highest BCUT2D eigenvalue weighted by molar-refractivity contribution is 5.92. The summed E-state index contributed by atoms with van der Waals surface area (Å²) in [6, 6.07) is 14.4. The van der Waals surface area contributed by atoms with Gasteiger partial charge >= 0.3 is 0 Å². The summed E-state index contributed by atoms with van der Waals surface area (Å²) in [7, 11) is 0. The molecule has 0 radical (unpaired) electrons. The summed E-state index contributed by atoms with van der Waals surface area (Å²) in [5.41, 5.74) is 2.86. The predicted molar refractivity (Wildman–Crippen MR) is 110 cm³/mol. The summed E-state index contributed by atoms with van der Waals surface area (Å²) < 4.78 is 5.62. The first kappa shape index (κ1) is 18.9. The maximum atomic E-state index is 12.8. The summed E-state index contributed by atoms with van der Waals surface area (Å²) in [6.45, 7) is 3.29. The first-order valence-corrected chi connectivity index (χ1v) is 10.4. The molecule has 5 heteroatoms. The van der Waals surface area contributed by atoms with Crippen molar-refractivity contribution in [2.24, 2.45) is 5.92 Å². The number of nitrogens with zero attached hydrogens (tertiary/aromatic N) is 2. The van der Waals surface area contributed by atoms with Crippen molar-refractivity contribution in [1.82, 2.24) is 9.88 Å². The Kier molecular flexibility index (Phi) is 6.22. The summed E-state index contributed by atoms with van der Waals surface area (Å²) in [6.07, 6.45) is 7.51. The monoisotopic (exact) mass is 379 g/mol. The third kappa shape index (κ3) is 4.90. The second kappa shape index (κ2) is 9.20. The van der Waals surface area contributed by atoms with E-state index in [1.54, 1.807) is 6.20 Å². The Hall–Kier alpha value is -2.40. The van der Waals surface area contributed by atoms with Crippen LogP contribution < -0.4 is 5.32 Å². The van der Waals surface area contributed by atoms with Gasteiger partial charge in [0.15, 0.2) is 0 Å². The van der Waals surface area contributed by atoms with Gasteiger partial charge < -0.3 is 15.0 Å². The fraction of sp³-hybridized carbons (Fsp3) is 0.478. The Labute approximate surface area is 167 Å². The number of piperidine rings is 1. The van der Waals surface area contributed by atoms with E-state index in [0.29, 0.717) is 17.7 Å². The molecule has 1 aromatic carbocycles. The maximum absolute atomic E-state index is 12.8. The molecule has 3 heterocycles. The summed E-state index contributed by atoms with van der Waals surface area (Å²) in [5, 5.41) is 3.35. The number of hydrogen-bond donors (Lipinski definition) is 1. The highest BCUT2D eigenvalue weighted by Crippen LogP contribution is 2.23. The van der Waals surface area contributed by atoms with Crippen LogP contribution in [0.15, 0.2) is 48.7 Å². The molecule has 5 nitrogen and oxygen atoms in total. The molecule has 28 heavy (non-hydrogen) atoms. The molecule has 2 aromatic rings. The number of amides is 1. The number of anilines is 1. The first-order valence-electron chi connectivity index (χ1n) is 10.4. The van der Waals surface area contributed by atoms with Crippen molar-refractivity contribution in [2.45, 2.75) is 38.2 Å². The summed E-state index contributed by atoms with van der Waals surface area (Å²) >= 11 is 0. The molecule has 4 rings (SSSR count). The van der Waals surface area contributed by atoms with Gasteiger partial charge in [0.2, 0.25) is 0 Å². The summed E-state index contributed by atoms with van der Waals surface area (Å²) in [5.74, 6) is 0.702. The molecule has 0 spiro atoms. The number of benzene rings is 1. The molecule has 0 bridgehead atoms. The Morgan fingerprint density at radius 2 is 1.93 bits per heavy atom. The topological polar surface area (TPSA) is 54.5 Å². The van der Waals surface area contributed by atoms with Crippen molar-refractivity contribution in [3.8, 4) is 0 Å². The third-order valence-electron chi connectivity index (χ3n) is 5.81. The van der Waals surface area contributed by atoms with Crippen LogP contribution >= 0.6 is 0 Å². The Bertz CT molecular complexity index is 749. The van der Waals surface area contributed by atoms with Gasteiger partial charge in [-0.25, -0.2) is 4.98 Å². The van der Waals surface area contributed by atoms with E-state index in [1.807, 2.05) is 17.0 Å². The van der Waals surface area contributed by atoms with Crippen molar-refractivity contribution in [2.75, 3.05) is 31.6 Å². The van der Waals surface area contributed by atoms with Gasteiger partial charge in [0, 0.05) is 26.2 Å². The third-order valence-corrected chi connectivity index (χ3v) is 5.81. The minimum Gasteiger partial charge on any atom is -0.381 e. The van der Waals surface area contributed by atoms with Crippen LogP contribution in [0.1, 0.15) is 41.7 Å². The number of pyridine rings is 1. The number of carbonyl (C=O) groups is 1. The number of ether oxygens (including phenoxy) is 1. The Balaban J connectivity index is 1.25. The van der Waals surface area contributed by atoms with Gasteiger partial charge in [-0.3, -0.25) is 4.79 Å². The van der Waals surface area contributed by atoms with Gasteiger partial charge in [0.1, 0.15) is 5.69 Å². The molecule has 1 unspecified atom stereocenters. The molecule has 0 saturated carbocycles. The number of aromatic nitrogens is 1. The lowest BCUT2D eigenvalue weighted by molar-refractivity contribution is 0.0684. The predicted octanol–water partition coefficient (Wildman–Crippen LogP) is 3.77. The Morgan fingerprint density at radius 1 is 1.11 bits per heavy atom. The van der Waals surface area contributed by atoms with Crippen LogP contribution in [0, 0.1) is 5.92 Å². The van der Waals surface area contributed by atoms with Crippen molar-refractivity contribution in [3.63, 3.8) is 0 Å². The molecule has 1 atom stereocenters. The van der Waals surface area contributed by atoms with Crippen LogP contribution in [0.5, 0.6) is 0 Å². The van der Waals surface area contributed by atoms with Crippen LogP contribution in [-0.4, -0.2) is 48.1 Å². The molecule has 1 amide bonds. The van der Waals surface area contributed by atoms with Gasteiger partial charge in [-0.15, -0.1) is 0 Å². The highest BCUT2D eigenvalue weighted by Gasteiger charge is 2.24. The van der Waals surface area contributed by atoms with Gasteiger partial charge in [0.05, 0.1) is 18.0 Å². The molecule has 2 aliphatic heterocycles. The zero-order valence-corrected chi connectivity index (χ0v) is 16.3. The van der Waals surface area contributed by atoms with E-state index in [9.17, 15) is 4.79 Å². The maximum Gasteiger partial charge on any atom is 0.272 e. The van der Waals surface area contributed by atoms with Crippen LogP contribution in [0.2, 0.25) is 0 Å². The van der Waals surface area contributed by atoms with Crippen LogP contribution in [0.4, 0.5) is 5.69 Å². The lowest BCUT2D eigenvalue weighted by atomic mass is 9.90. The first-order chi connectivity index (χ1) is 13.8. The minimum absolute atomic E-state index is 0.0452. The molecule has 2 fully saturated rings.